The molecule has 0 saturated heterocycles. The van der Waals surface area contributed by atoms with Crippen LogP contribution in [0.4, 0.5) is 4.39 Å². The van der Waals surface area contributed by atoms with Gasteiger partial charge < -0.3 is 0 Å². The summed E-state index contributed by atoms with van der Waals surface area (Å²) >= 11 is 0. The lowest BCUT2D eigenvalue weighted by molar-refractivity contribution is 0.561. The summed E-state index contributed by atoms with van der Waals surface area (Å²) < 4.78 is 15.7. The van der Waals surface area contributed by atoms with Gasteiger partial charge in [0.05, 0.1) is 24.0 Å². The molecule has 0 radical (unpaired) electrons. The third-order valence-corrected chi connectivity index (χ3v) is 3.29. The van der Waals surface area contributed by atoms with Crippen LogP contribution in [0.1, 0.15) is 22.7 Å². The highest BCUT2D eigenvalue weighted by molar-refractivity contribution is 5.55. The molecule has 1 aromatic carbocycles. The van der Waals surface area contributed by atoms with Gasteiger partial charge in [-0.25, -0.2) is 14.3 Å². The maximum Gasteiger partial charge on any atom is 0.128 e. The molecule has 2 aromatic heterocycles. The van der Waals surface area contributed by atoms with Crippen LogP contribution in [0.15, 0.2) is 43.0 Å². The Hall–Kier alpha value is -2.31. The summed E-state index contributed by atoms with van der Waals surface area (Å²) in [5.41, 5.74) is 5.69. The fourth-order valence-electron chi connectivity index (χ4n) is 2.31. The number of benzene rings is 1. The maximum atomic E-state index is 14.1. The predicted octanol–water partition coefficient (Wildman–Crippen LogP) is 1.73. The van der Waals surface area contributed by atoms with Crippen molar-refractivity contribution in [2.24, 2.45) is 5.84 Å². The third kappa shape index (κ3) is 2.04. The van der Waals surface area contributed by atoms with E-state index in [0.717, 1.165) is 16.6 Å². The number of aryl methyl sites for hydroxylation is 1. The highest BCUT2D eigenvalue weighted by Gasteiger charge is 2.20. The van der Waals surface area contributed by atoms with Crippen molar-refractivity contribution in [3.8, 4) is 0 Å². The Morgan fingerprint density at radius 2 is 2.15 bits per heavy atom. The molecule has 1 unspecified atom stereocenters. The second-order valence-electron chi connectivity index (χ2n) is 4.63. The second kappa shape index (κ2) is 4.99. The third-order valence-electron chi connectivity index (χ3n) is 3.29. The molecule has 5 nitrogen and oxygen atoms in total. The molecule has 2 heterocycles. The number of hydrogen-bond donors (Lipinski definition) is 2. The van der Waals surface area contributed by atoms with Gasteiger partial charge in [-0.2, -0.15) is 5.10 Å². The van der Waals surface area contributed by atoms with Crippen molar-refractivity contribution in [3.05, 3.63) is 65.5 Å². The number of nitrogens with zero attached hydrogens (tertiary/aromatic N) is 3. The number of halogens is 1. The van der Waals surface area contributed by atoms with E-state index in [0.29, 0.717) is 5.56 Å². The molecule has 0 aliphatic heterocycles. The van der Waals surface area contributed by atoms with Crippen LogP contribution in [0.3, 0.4) is 0 Å². The molecular weight excluding hydrogens is 257 g/mol. The number of hydrogen-bond acceptors (Lipinski definition) is 4. The molecule has 3 N–H and O–H groups in total. The van der Waals surface area contributed by atoms with Gasteiger partial charge >= 0.3 is 0 Å². The summed E-state index contributed by atoms with van der Waals surface area (Å²) in [7, 11) is 0. The zero-order valence-corrected chi connectivity index (χ0v) is 10.9. The molecule has 0 aliphatic rings. The van der Waals surface area contributed by atoms with Crippen LogP contribution in [0.5, 0.6) is 0 Å². The van der Waals surface area contributed by atoms with Crippen LogP contribution in [0.25, 0.3) is 5.52 Å². The summed E-state index contributed by atoms with van der Waals surface area (Å²) in [5, 5.41) is 4.22. The Labute approximate surface area is 115 Å². The second-order valence-corrected chi connectivity index (χ2v) is 4.63. The summed E-state index contributed by atoms with van der Waals surface area (Å²) in [6, 6.07) is 4.47. The first-order chi connectivity index (χ1) is 9.70. The number of fused-ring (bicyclic) bond motifs is 1. The van der Waals surface area contributed by atoms with E-state index in [2.05, 4.69) is 15.5 Å². The normalized spacial score (nSPS) is 12.8. The van der Waals surface area contributed by atoms with E-state index >= 15 is 0 Å². The molecule has 0 aliphatic carbocycles. The summed E-state index contributed by atoms with van der Waals surface area (Å²) in [4.78, 5) is 4.07. The van der Waals surface area contributed by atoms with E-state index in [1.807, 2.05) is 6.92 Å². The lowest BCUT2D eigenvalue weighted by Crippen LogP contribution is -2.29. The predicted molar refractivity (Wildman–Crippen MR) is 73.3 cm³/mol. The lowest BCUT2D eigenvalue weighted by atomic mass is 9.98. The van der Waals surface area contributed by atoms with Crippen molar-refractivity contribution in [3.63, 3.8) is 0 Å². The highest BCUT2D eigenvalue weighted by Crippen LogP contribution is 2.27. The molecule has 0 fully saturated rings. The Bertz CT molecular complexity index is 752. The summed E-state index contributed by atoms with van der Waals surface area (Å²) in [6.45, 7) is 1.91. The number of nitrogens with one attached hydrogen (secondary N) is 1. The van der Waals surface area contributed by atoms with Crippen molar-refractivity contribution in [1.29, 1.82) is 0 Å². The first kappa shape index (κ1) is 12.7. The fourth-order valence-corrected chi connectivity index (χ4v) is 2.31. The molecule has 0 bridgehead atoms. The van der Waals surface area contributed by atoms with E-state index in [4.69, 9.17) is 5.84 Å². The van der Waals surface area contributed by atoms with Crippen LogP contribution >= 0.6 is 0 Å². The average molecular weight is 271 g/mol. The largest absolute Gasteiger partial charge is 0.271 e. The zero-order valence-electron chi connectivity index (χ0n) is 10.9. The van der Waals surface area contributed by atoms with Gasteiger partial charge in [0, 0.05) is 23.5 Å². The van der Waals surface area contributed by atoms with Gasteiger partial charge in [0.2, 0.25) is 0 Å². The molecule has 20 heavy (non-hydrogen) atoms. The van der Waals surface area contributed by atoms with Crippen LogP contribution in [0, 0.1) is 12.7 Å². The van der Waals surface area contributed by atoms with E-state index in [9.17, 15) is 4.39 Å². The highest BCUT2D eigenvalue weighted by atomic mass is 19.1. The van der Waals surface area contributed by atoms with Crippen LogP contribution in [-0.2, 0) is 0 Å². The van der Waals surface area contributed by atoms with Gasteiger partial charge in [0.25, 0.3) is 0 Å². The Morgan fingerprint density at radius 3 is 2.95 bits per heavy atom. The number of rotatable bonds is 3. The fraction of sp³-hybridized carbons (Fsp3) is 0.143. The Balaban J connectivity index is 2.16. The molecule has 0 spiro atoms. The molecule has 0 amide bonds. The number of hydrazine groups is 1. The quantitative estimate of drug-likeness (QED) is 0.562. The van der Waals surface area contributed by atoms with E-state index in [1.54, 1.807) is 41.4 Å². The molecule has 6 heteroatoms. The number of nitrogens with two attached hydrogens (primary N) is 1. The van der Waals surface area contributed by atoms with Gasteiger partial charge in [-0.3, -0.25) is 10.8 Å². The van der Waals surface area contributed by atoms with Crippen LogP contribution in [-0.4, -0.2) is 14.6 Å². The minimum atomic E-state index is -0.475. The van der Waals surface area contributed by atoms with Gasteiger partial charge in [0.15, 0.2) is 0 Å². The van der Waals surface area contributed by atoms with Crippen LogP contribution in [0.2, 0.25) is 0 Å². The summed E-state index contributed by atoms with van der Waals surface area (Å²) in [5.74, 6) is 5.33. The maximum absolute atomic E-state index is 14.1. The molecular formula is C14H14FN5. The first-order valence-corrected chi connectivity index (χ1v) is 6.20. The van der Waals surface area contributed by atoms with Crippen LogP contribution < -0.4 is 11.3 Å². The van der Waals surface area contributed by atoms with Gasteiger partial charge in [-0.1, -0.05) is 17.7 Å². The van der Waals surface area contributed by atoms with Crippen molar-refractivity contribution in [2.45, 2.75) is 13.0 Å². The smallest absolute Gasteiger partial charge is 0.128 e. The molecule has 102 valence electrons. The van der Waals surface area contributed by atoms with Gasteiger partial charge in [-0.15, -0.1) is 0 Å². The van der Waals surface area contributed by atoms with Crippen molar-refractivity contribution in [2.75, 3.05) is 0 Å². The zero-order chi connectivity index (χ0) is 14.1. The molecule has 3 rings (SSSR count). The SMILES string of the molecule is Cc1ccc(F)c(C(NN)c2cnn3ccncc23)c1. The van der Waals surface area contributed by atoms with Crippen molar-refractivity contribution < 1.29 is 4.39 Å². The Kier molecular flexibility index (Phi) is 3.17. The van der Waals surface area contributed by atoms with Gasteiger partial charge in [0.1, 0.15) is 5.82 Å². The molecule has 0 saturated carbocycles. The first-order valence-electron chi connectivity index (χ1n) is 6.20. The standard InChI is InChI=1S/C14H14FN5/c1-9-2-3-12(15)10(6-9)14(19-16)11-7-18-20-5-4-17-8-13(11)20/h2-8,14,19H,16H2,1H3. The number of aromatic nitrogens is 3. The summed E-state index contributed by atoms with van der Waals surface area (Å²) in [6.07, 6.45) is 6.73. The van der Waals surface area contributed by atoms with E-state index in [-0.39, 0.29) is 5.82 Å². The Morgan fingerprint density at radius 1 is 1.30 bits per heavy atom. The van der Waals surface area contributed by atoms with Gasteiger partial charge in [-0.05, 0) is 13.0 Å². The monoisotopic (exact) mass is 271 g/mol. The van der Waals surface area contributed by atoms with E-state index < -0.39 is 6.04 Å². The van der Waals surface area contributed by atoms with Crippen molar-refractivity contribution in [1.82, 2.24) is 20.0 Å². The molecule has 1 atom stereocenters. The van der Waals surface area contributed by atoms with Crippen molar-refractivity contribution >= 4 is 5.52 Å². The minimum Gasteiger partial charge on any atom is -0.271 e. The van der Waals surface area contributed by atoms with E-state index in [1.165, 1.54) is 6.07 Å². The lowest BCUT2D eigenvalue weighted by Gasteiger charge is -2.16. The average Bonchev–Trinajstić information content (AvgIpc) is 2.88. The topological polar surface area (TPSA) is 68.2 Å². The minimum absolute atomic E-state index is 0.304. The molecule has 3 aromatic rings.